The lowest BCUT2D eigenvalue weighted by molar-refractivity contribution is -0.160. The van der Waals surface area contributed by atoms with Crippen LogP contribution in [0.1, 0.15) is 30.5 Å². The van der Waals surface area contributed by atoms with Gasteiger partial charge in [0.1, 0.15) is 21.9 Å². The Morgan fingerprint density at radius 1 is 1.00 bits per heavy atom. The van der Waals surface area contributed by atoms with E-state index in [9.17, 15) is 13.2 Å². The summed E-state index contributed by atoms with van der Waals surface area (Å²) in [5.41, 5.74) is 0.750. The van der Waals surface area contributed by atoms with Crippen LogP contribution in [0.5, 0.6) is 0 Å². The highest BCUT2D eigenvalue weighted by Crippen LogP contribution is 2.59. The first-order chi connectivity index (χ1) is 16.1. The van der Waals surface area contributed by atoms with Crippen LogP contribution in [0, 0.1) is 0 Å². The minimum Gasteiger partial charge on any atom is -0.296 e. The molecule has 4 aromatic rings. The van der Waals surface area contributed by atoms with Crippen LogP contribution >= 0.6 is 46.1 Å². The van der Waals surface area contributed by atoms with Gasteiger partial charge in [0.05, 0.1) is 10.7 Å². The van der Waals surface area contributed by atoms with Crippen LogP contribution in [0.25, 0.3) is 27.8 Å². The Morgan fingerprint density at radius 3 is 2.26 bits per heavy atom. The minimum atomic E-state index is -4.36. The summed E-state index contributed by atoms with van der Waals surface area (Å²) in [5.74, 6) is 0.518. The van der Waals surface area contributed by atoms with Crippen molar-refractivity contribution < 1.29 is 13.2 Å². The Morgan fingerprint density at radius 2 is 1.68 bits per heavy atom. The number of nitrogens with zero attached hydrogens (tertiary/aromatic N) is 4. The van der Waals surface area contributed by atoms with Gasteiger partial charge in [0.15, 0.2) is 5.01 Å². The maximum atomic E-state index is 13.6. The van der Waals surface area contributed by atoms with Gasteiger partial charge in [0.2, 0.25) is 0 Å². The fourth-order valence-corrected chi connectivity index (χ4v) is 5.67. The highest BCUT2D eigenvalue weighted by molar-refractivity contribution is 7.14. The molecular formula is C23H16Cl3F3N4S. The predicted molar refractivity (Wildman–Crippen MR) is 129 cm³/mol. The van der Waals surface area contributed by atoms with Crippen molar-refractivity contribution in [2.75, 3.05) is 0 Å². The summed E-state index contributed by atoms with van der Waals surface area (Å²) in [6.45, 7) is 1.94. The number of aromatic nitrogens is 4. The molecule has 1 saturated carbocycles. The first kappa shape index (κ1) is 23.6. The number of benzene rings is 2. The van der Waals surface area contributed by atoms with E-state index in [0.29, 0.717) is 43.6 Å². The molecule has 0 bridgehead atoms. The fraction of sp³-hybridized carbons (Fsp3) is 0.261. The van der Waals surface area contributed by atoms with Gasteiger partial charge >= 0.3 is 6.18 Å². The molecule has 2 heterocycles. The molecular weight excluding hydrogens is 528 g/mol. The largest absolute Gasteiger partial charge is 0.400 e. The second-order valence-electron chi connectivity index (χ2n) is 8.01. The standard InChI is InChI=1S/C23H16Cl3F3N4S/c1-2-17-18(20-31-32-21(34-20)22(9-10-22)23(27,28)29)30-19(15-8-5-13(25)11-16(15)26)33(17)14-6-3-12(24)4-7-14/h3-8,11H,2,9-10H2,1H3. The van der Waals surface area contributed by atoms with E-state index < -0.39 is 11.6 Å². The lowest BCUT2D eigenvalue weighted by atomic mass is 10.1. The average Bonchev–Trinajstić information content (AvgIpc) is 3.32. The smallest absolute Gasteiger partial charge is 0.296 e. The molecule has 0 N–H and O–H groups in total. The quantitative estimate of drug-likeness (QED) is 0.255. The van der Waals surface area contributed by atoms with Crippen LogP contribution in [0.2, 0.25) is 15.1 Å². The summed E-state index contributed by atoms with van der Waals surface area (Å²) in [5, 5.41) is 9.81. The number of hydrogen-bond acceptors (Lipinski definition) is 4. The van der Waals surface area contributed by atoms with Crippen molar-refractivity contribution in [2.45, 2.75) is 37.8 Å². The fourth-order valence-electron chi connectivity index (χ4n) is 3.93. The molecule has 0 unspecified atom stereocenters. The van der Waals surface area contributed by atoms with Crippen molar-refractivity contribution >= 4 is 46.1 Å². The second-order valence-corrected chi connectivity index (χ2v) is 10.3. The molecule has 2 aromatic heterocycles. The lowest BCUT2D eigenvalue weighted by Crippen LogP contribution is -2.28. The van der Waals surface area contributed by atoms with Crippen LogP contribution in [0.15, 0.2) is 42.5 Å². The van der Waals surface area contributed by atoms with Gasteiger partial charge in [-0.1, -0.05) is 53.1 Å². The van der Waals surface area contributed by atoms with Gasteiger partial charge < -0.3 is 0 Å². The molecule has 176 valence electrons. The number of hydrogen-bond donors (Lipinski definition) is 0. The third-order valence-corrected chi connectivity index (χ3v) is 7.83. The summed E-state index contributed by atoms with van der Waals surface area (Å²) in [4.78, 5) is 4.82. The Hall–Kier alpha value is -2.13. The monoisotopic (exact) mass is 542 g/mol. The Balaban J connectivity index is 1.71. The van der Waals surface area contributed by atoms with Crippen molar-refractivity contribution in [3.05, 3.63) is 68.2 Å². The molecule has 1 fully saturated rings. The maximum absolute atomic E-state index is 13.6. The topological polar surface area (TPSA) is 43.6 Å². The molecule has 0 atom stereocenters. The van der Waals surface area contributed by atoms with Gasteiger partial charge in [-0.05, 0) is 61.7 Å². The van der Waals surface area contributed by atoms with E-state index in [2.05, 4.69) is 10.2 Å². The zero-order valence-electron chi connectivity index (χ0n) is 17.6. The summed E-state index contributed by atoms with van der Waals surface area (Å²) in [7, 11) is 0. The molecule has 0 spiro atoms. The lowest BCUT2D eigenvalue weighted by Gasteiger charge is -2.15. The summed E-state index contributed by atoms with van der Waals surface area (Å²) < 4.78 is 42.8. The van der Waals surface area contributed by atoms with E-state index in [1.807, 2.05) is 23.6 Å². The average molecular weight is 544 g/mol. The van der Waals surface area contributed by atoms with Gasteiger partial charge in [-0.3, -0.25) is 4.57 Å². The third-order valence-electron chi connectivity index (χ3n) is 5.89. The molecule has 34 heavy (non-hydrogen) atoms. The van der Waals surface area contributed by atoms with Crippen LogP contribution < -0.4 is 0 Å². The van der Waals surface area contributed by atoms with E-state index in [1.165, 1.54) is 0 Å². The van der Waals surface area contributed by atoms with Crippen LogP contribution in [0.3, 0.4) is 0 Å². The first-order valence-corrected chi connectivity index (χ1v) is 12.3. The van der Waals surface area contributed by atoms with E-state index in [0.717, 1.165) is 22.7 Å². The van der Waals surface area contributed by atoms with Crippen molar-refractivity contribution in [2.24, 2.45) is 0 Å². The highest BCUT2D eigenvalue weighted by atomic mass is 35.5. The van der Waals surface area contributed by atoms with E-state index in [4.69, 9.17) is 39.8 Å². The highest BCUT2D eigenvalue weighted by Gasteiger charge is 2.66. The van der Waals surface area contributed by atoms with Crippen molar-refractivity contribution in [1.29, 1.82) is 0 Å². The molecule has 0 radical (unpaired) electrons. The van der Waals surface area contributed by atoms with Crippen molar-refractivity contribution in [1.82, 2.24) is 19.7 Å². The normalized spacial score (nSPS) is 15.0. The SMILES string of the molecule is CCc1c(-c2nnc(C3(C(F)(F)F)CC3)s2)nc(-c2ccc(Cl)cc2Cl)n1-c1ccc(Cl)cc1. The van der Waals surface area contributed by atoms with Crippen molar-refractivity contribution in [3.8, 4) is 27.8 Å². The zero-order valence-corrected chi connectivity index (χ0v) is 20.7. The van der Waals surface area contributed by atoms with Gasteiger partial charge in [-0.25, -0.2) is 4.98 Å². The molecule has 0 saturated heterocycles. The van der Waals surface area contributed by atoms with Gasteiger partial charge in [-0.15, -0.1) is 10.2 Å². The molecule has 2 aromatic carbocycles. The Labute approximate surface area is 212 Å². The van der Waals surface area contributed by atoms with E-state index >= 15 is 0 Å². The van der Waals surface area contributed by atoms with Gasteiger partial charge in [0, 0.05) is 21.3 Å². The van der Waals surface area contributed by atoms with E-state index in [1.54, 1.807) is 30.3 Å². The number of imidazole rings is 1. The molecule has 5 rings (SSSR count). The number of rotatable bonds is 5. The summed E-state index contributed by atoms with van der Waals surface area (Å²) >= 11 is 19.6. The molecule has 1 aliphatic carbocycles. The first-order valence-electron chi connectivity index (χ1n) is 10.4. The molecule has 4 nitrogen and oxygen atoms in total. The summed E-state index contributed by atoms with van der Waals surface area (Å²) in [6, 6.07) is 12.3. The van der Waals surface area contributed by atoms with E-state index in [-0.39, 0.29) is 17.8 Å². The van der Waals surface area contributed by atoms with Gasteiger partial charge in [-0.2, -0.15) is 13.2 Å². The molecule has 0 amide bonds. The van der Waals surface area contributed by atoms with Crippen LogP contribution in [-0.2, 0) is 11.8 Å². The van der Waals surface area contributed by atoms with Crippen molar-refractivity contribution in [3.63, 3.8) is 0 Å². The van der Waals surface area contributed by atoms with Crippen LogP contribution in [0.4, 0.5) is 13.2 Å². The molecule has 1 aliphatic rings. The predicted octanol–water partition coefficient (Wildman–Crippen LogP) is 8.17. The Kier molecular flexibility index (Phi) is 5.91. The molecule has 11 heteroatoms. The van der Waals surface area contributed by atoms with Gasteiger partial charge in [0.25, 0.3) is 0 Å². The maximum Gasteiger partial charge on any atom is 0.400 e. The minimum absolute atomic E-state index is 0.0239. The summed E-state index contributed by atoms with van der Waals surface area (Å²) in [6.07, 6.45) is -3.77. The molecule has 0 aliphatic heterocycles. The number of alkyl halides is 3. The second kappa shape index (κ2) is 8.52. The third kappa shape index (κ3) is 3.90. The number of halogens is 6. The zero-order chi connectivity index (χ0) is 24.3. The van der Waals surface area contributed by atoms with Crippen LogP contribution in [-0.4, -0.2) is 25.9 Å². The Bertz CT molecular complexity index is 1380.